The van der Waals surface area contributed by atoms with Crippen LogP contribution in [-0.4, -0.2) is 31.1 Å². The highest BCUT2D eigenvalue weighted by molar-refractivity contribution is 5.97. The molecule has 6 heteroatoms. The molecule has 6 nitrogen and oxygen atoms in total. The number of carbonyl (C=O) groups is 2. The molecule has 0 saturated carbocycles. The average molecular weight is 352 g/mol. The number of nitrogens with zero attached hydrogens (tertiary/aromatic N) is 2. The Labute approximate surface area is 152 Å². The van der Waals surface area contributed by atoms with Crippen molar-refractivity contribution in [3.63, 3.8) is 0 Å². The fourth-order valence-corrected chi connectivity index (χ4v) is 2.30. The third-order valence-electron chi connectivity index (χ3n) is 3.54. The number of ether oxygens (including phenoxy) is 2. The van der Waals surface area contributed by atoms with Gasteiger partial charge in [-0.2, -0.15) is 5.26 Å². The van der Waals surface area contributed by atoms with Crippen LogP contribution in [0.1, 0.15) is 13.3 Å². The summed E-state index contributed by atoms with van der Waals surface area (Å²) in [6.45, 7) is 1.44. The number of para-hydroxylation sites is 2. The molecule has 134 valence electrons. The van der Waals surface area contributed by atoms with Crippen molar-refractivity contribution in [2.24, 2.45) is 0 Å². The Morgan fingerprint density at radius 1 is 1.08 bits per heavy atom. The monoisotopic (exact) mass is 352 g/mol. The van der Waals surface area contributed by atoms with Crippen LogP contribution in [0.3, 0.4) is 0 Å². The Hall–Kier alpha value is -3.33. The van der Waals surface area contributed by atoms with Crippen LogP contribution < -0.4 is 9.64 Å². The van der Waals surface area contributed by atoms with E-state index in [4.69, 9.17) is 14.7 Å². The second kappa shape index (κ2) is 9.84. The van der Waals surface area contributed by atoms with E-state index in [2.05, 4.69) is 0 Å². The summed E-state index contributed by atoms with van der Waals surface area (Å²) in [5.41, 5.74) is 0.649. The van der Waals surface area contributed by atoms with Crippen molar-refractivity contribution < 1.29 is 19.1 Å². The lowest BCUT2D eigenvalue weighted by Gasteiger charge is -2.25. The van der Waals surface area contributed by atoms with Gasteiger partial charge in [-0.1, -0.05) is 36.4 Å². The Kier molecular flexibility index (Phi) is 7.19. The molecular formula is C20H20N2O4. The zero-order valence-corrected chi connectivity index (χ0v) is 14.5. The molecule has 0 fully saturated rings. The van der Waals surface area contributed by atoms with Crippen molar-refractivity contribution in [2.75, 3.05) is 18.1 Å². The van der Waals surface area contributed by atoms with Crippen LogP contribution in [0.4, 0.5) is 5.69 Å². The lowest BCUT2D eigenvalue weighted by molar-refractivity contribution is -0.155. The smallest absolute Gasteiger partial charge is 0.344 e. The number of rotatable bonds is 8. The van der Waals surface area contributed by atoms with Gasteiger partial charge in [0.15, 0.2) is 12.7 Å². The third-order valence-corrected chi connectivity index (χ3v) is 3.54. The topological polar surface area (TPSA) is 79.6 Å². The minimum atomic E-state index is -0.985. The van der Waals surface area contributed by atoms with E-state index in [-0.39, 0.29) is 25.5 Å². The molecule has 2 rings (SSSR count). The van der Waals surface area contributed by atoms with E-state index in [1.165, 1.54) is 11.8 Å². The Balaban J connectivity index is 1.94. The van der Waals surface area contributed by atoms with Crippen molar-refractivity contribution >= 4 is 17.6 Å². The highest BCUT2D eigenvalue weighted by Gasteiger charge is 2.25. The molecule has 0 heterocycles. The molecule has 0 spiro atoms. The zero-order valence-electron chi connectivity index (χ0n) is 14.5. The van der Waals surface area contributed by atoms with Crippen molar-refractivity contribution in [1.29, 1.82) is 5.26 Å². The van der Waals surface area contributed by atoms with Crippen molar-refractivity contribution in [3.05, 3.63) is 60.7 Å². The van der Waals surface area contributed by atoms with Crippen molar-refractivity contribution in [1.82, 2.24) is 0 Å². The lowest BCUT2D eigenvalue weighted by atomic mass is 10.2. The van der Waals surface area contributed by atoms with Gasteiger partial charge in [0.25, 0.3) is 5.91 Å². The van der Waals surface area contributed by atoms with Crippen LogP contribution in [0.25, 0.3) is 0 Å². The van der Waals surface area contributed by atoms with E-state index in [1.807, 2.05) is 18.2 Å². The number of benzene rings is 2. The first kappa shape index (κ1) is 19.0. The molecule has 0 radical (unpaired) electrons. The van der Waals surface area contributed by atoms with Gasteiger partial charge in [0.05, 0.1) is 12.5 Å². The van der Waals surface area contributed by atoms with Gasteiger partial charge >= 0.3 is 5.97 Å². The van der Waals surface area contributed by atoms with Gasteiger partial charge in [-0.05, 0) is 31.2 Å². The SMILES string of the molecule is CC(OC(=O)COc1ccccc1)C(=O)N(CCC#N)c1ccccc1. The first-order valence-electron chi connectivity index (χ1n) is 8.22. The predicted molar refractivity (Wildman–Crippen MR) is 96.5 cm³/mol. The molecule has 0 aliphatic carbocycles. The highest BCUT2D eigenvalue weighted by atomic mass is 16.6. The summed E-state index contributed by atoms with van der Waals surface area (Å²) in [5.74, 6) is -0.481. The van der Waals surface area contributed by atoms with Crippen LogP contribution in [0.5, 0.6) is 5.75 Å². The molecule has 1 amide bonds. The number of nitriles is 1. The van der Waals surface area contributed by atoms with Crippen LogP contribution >= 0.6 is 0 Å². The number of esters is 1. The van der Waals surface area contributed by atoms with Gasteiger partial charge in [0, 0.05) is 12.2 Å². The maximum Gasteiger partial charge on any atom is 0.344 e. The molecule has 0 aromatic heterocycles. The maximum absolute atomic E-state index is 12.7. The first-order valence-corrected chi connectivity index (χ1v) is 8.22. The summed E-state index contributed by atoms with van der Waals surface area (Å²) < 4.78 is 10.5. The van der Waals surface area contributed by atoms with Gasteiger partial charge in [-0.15, -0.1) is 0 Å². The Morgan fingerprint density at radius 3 is 2.31 bits per heavy atom. The van der Waals surface area contributed by atoms with Crippen molar-refractivity contribution in [3.8, 4) is 11.8 Å². The number of amides is 1. The molecule has 26 heavy (non-hydrogen) atoms. The summed E-state index contributed by atoms with van der Waals surface area (Å²) in [7, 11) is 0. The number of hydrogen-bond donors (Lipinski definition) is 0. The largest absolute Gasteiger partial charge is 0.482 e. The van der Waals surface area contributed by atoms with E-state index in [0.717, 1.165) is 0 Å². The molecule has 0 saturated heterocycles. The van der Waals surface area contributed by atoms with Gasteiger partial charge in [-0.3, -0.25) is 4.79 Å². The standard InChI is InChI=1S/C20H20N2O4/c1-16(26-19(23)15-25-18-11-6-3-7-12-18)20(24)22(14-8-13-21)17-9-4-2-5-10-17/h2-7,9-12,16H,8,14-15H2,1H3. The summed E-state index contributed by atoms with van der Waals surface area (Å²) in [6.07, 6.45) is -0.806. The zero-order chi connectivity index (χ0) is 18.8. The molecular weight excluding hydrogens is 332 g/mol. The second-order valence-corrected chi connectivity index (χ2v) is 5.47. The van der Waals surface area contributed by atoms with E-state index < -0.39 is 12.1 Å². The molecule has 1 atom stereocenters. The average Bonchev–Trinajstić information content (AvgIpc) is 2.68. The molecule has 0 aliphatic heterocycles. The van der Waals surface area contributed by atoms with Gasteiger partial charge < -0.3 is 14.4 Å². The molecule has 0 bridgehead atoms. The molecule has 1 unspecified atom stereocenters. The lowest BCUT2D eigenvalue weighted by Crippen LogP contribution is -2.41. The van der Waals surface area contributed by atoms with E-state index >= 15 is 0 Å². The summed E-state index contributed by atoms with van der Waals surface area (Å²) in [5, 5.41) is 8.82. The summed E-state index contributed by atoms with van der Waals surface area (Å²) in [4.78, 5) is 26.0. The molecule has 2 aromatic carbocycles. The predicted octanol–water partition coefficient (Wildman–Crippen LogP) is 2.94. The third kappa shape index (κ3) is 5.64. The number of carbonyl (C=O) groups excluding carboxylic acids is 2. The first-order chi connectivity index (χ1) is 12.6. The Bertz CT molecular complexity index is 756. The van der Waals surface area contributed by atoms with Crippen LogP contribution in [0.15, 0.2) is 60.7 Å². The highest BCUT2D eigenvalue weighted by Crippen LogP contribution is 2.16. The van der Waals surface area contributed by atoms with Gasteiger partial charge in [0.2, 0.25) is 0 Å². The van der Waals surface area contributed by atoms with Crippen molar-refractivity contribution in [2.45, 2.75) is 19.4 Å². The fraction of sp³-hybridized carbons (Fsp3) is 0.250. The number of anilines is 1. The Morgan fingerprint density at radius 2 is 1.69 bits per heavy atom. The minimum absolute atomic E-state index is 0.179. The van der Waals surface area contributed by atoms with Crippen LogP contribution in [-0.2, 0) is 14.3 Å². The molecule has 0 N–H and O–H groups in total. The summed E-state index contributed by atoms with van der Waals surface area (Å²) >= 11 is 0. The van der Waals surface area contributed by atoms with Gasteiger partial charge in [-0.25, -0.2) is 4.79 Å². The van der Waals surface area contributed by atoms with E-state index in [1.54, 1.807) is 48.5 Å². The van der Waals surface area contributed by atoms with Gasteiger partial charge in [0.1, 0.15) is 5.75 Å². The molecule has 0 aliphatic rings. The summed E-state index contributed by atoms with van der Waals surface area (Å²) in [6, 6.07) is 19.8. The second-order valence-electron chi connectivity index (χ2n) is 5.47. The quantitative estimate of drug-likeness (QED) is 0.683. The van der Waals surface area contributed by atoms with Crippen LogP contribution in [0.2, 0.25) is 0 Å². The van der Waals surface area contributed by atoms with Crippen LogP contribution in [0, 0.1) is 11.3 Å². The van der Waals surface area contributed by atoms with E-state index in [0.29, 0.717) is 11.4 Å². The van der Waals surface area contributed by atoms with E-state index in [9.17, 15) is 9.59 Å². The maximum atomic E-state index is 12.7. The number of hydrogen-bond acceptors (Lipinski definition) is 5. The molecule has 2 aromatic rings. The fourth-order valence-electron chi connectivity index (χ4n) is 2.30. The minimum Gasteiger partial charge on any atom is -0.482 e. The normalized spacial score (nSPS) is 11.1.